The molecule has 0 spiro atoms. The number of aromatic hydroxyl groups is 2. The molecule has 5 atom stereocenters. The average molecular weight is 675 g/mol. The van der Waals surface area contributed by atoms with Gasteiger partial charge < -0.3 is 34.6 Å². The van der Waals surface area contributed by atoms with Gasteiger partial charge in [-0.2, -0.15) is 0 Å². The molecule has 268 valence electrons. The molecule has 7 nitrogen and oxygen atoms in total. The molecule has 49 heavy (non-hydrogen) atoms. The van der Waals surface area contributed by atoms with Crippen LogP contribution >= 0.6 is 0 Å². The lowest BCUT2D eigenvalue weighted by Gasteiger charge is -2.38. The van der Waals surface area contributed by atoms with Crippen molar-refractivity contribution in [2.75, 3.05) is 20.8 Å². The van der Waals surface area contributed by atoms with Crippen LogP contribution in [0.3, 0.4) is 0 Å². The zero-order valence-corrected chi connectivity index (χ0v) is 30.4. The topological polar surface area (TPSA) is 109 Å². The van der Waals surface area contributed by atoms with Crippen LogP contribution in [-0.4, -0.2) is 47.4 Å². The first-order valence-corrected chi connectivity index (χ1v) is 18.5. The zero-order chi connectivity index (χ0) is 35.2. The van der Waals surface area contributed by atoms with Gasteiger partial charge >= 0.3 is 0 Å². The maximum absolute atomic E-state index is 11.7. The van der Waals surface area contributed by atoms with Gasteiger partial charge in [0.15, 0.2) is 11.5 Å². The molecular weight excluding hydrogens is 616 g/mol. The third-order valence-corrected chi connectivity index (χ3v) is 10.9. The molecule has 0 unspecified atom stereocenters. The number of ether oxygens (including phenoxy) is 3. The molecule has 0 fully saturated rings. The molecule has 3 aromatic carbocycles. The second-order valence-electron chi connectivity index (χ2n) is 14.9. The summed E-state index contributed by atoms with van der Waals surface area (Å²) in [4.78, 5) is 0. The zero-order valence-electron chi connectivity index (χ0n) is 30.4. The highest BCUT2D eigenvalue weighted by atomic mass is 16.5. The number of rotatable bonds is 16. The van der Waals surface area contributed by atoms with E-state index < -0.39 is 12.2 Å². The highest BCUT2D eigenvalue weighted by Crippen LogP contribution is 2.54. The Hall–Kier alpha value is -3.42. The second kappa shape index (κ2) is 16.5. The van der Waals surface area contributed by atoms with E-state index in [-0.39, 0.29) is 18.3 Å². The Balaban J connectivity index is 1.59. The summed E-state index contributed by atoms with van der Waals surface area (Å²) in [6, 6.07) is 11.1. The lowest BCUT2D eigenvalue weighted by Crippen LogP contribution is -2.32. The van der Waals surface area contributed by atoms with Gasteiger partial charge in [0, 0.05) is 30.2 Å². The first-order valence-electron chi connectivity index (χ1n) is 18.5. The molecule has 0 amide bonds. The second-order valence-corrected chi connectivity index (χ2v) is 14.9. The van der Waals surface area contributed by atoms with E-state index in [2.05, 4.69) is 33.8 Å². The maximum Gasteiger partial charge on any atom is 0.160 e. The van der Waals surface area contributed by atoms with Crippen molar-refractivity contribution < 1.29 is 34.6 Å². The molecule has 0 saturated carbocycles. The van der Waals surface area contributed by atoms with Crippen LogP contribution in [0.1, 0.15) is 119 Å². The van der Waals surface area contributed by atoms with Crippen LogP contribution in [0.2, 0.25) is 0 Å². The molecule has 0 saturated heterocycles. The first kappa shape index (κ1) is 36.9. The number of phenolic OH excluding ortho intramolecular Hbond substituents is 2. The van der Waals surface area contributed by atoms with Crippen LogP contribution in [0, 0.1) is 17.8 Å². The molecule has 7 heteroatoms. The predicted octanol–water partition coefficient (Wildman–Crippen LogP) is 9.04. The Kier molecular flexibility index (Phi) is 12.4. The van der Waals surface area contributed by atoms with Crippen molar-refractivity contribution in [3.8, 4) is 39.9 Å². The quantitative estimate of drug-likeness (QED) is 0.112. The van der Waals surface area contributed by atoms with Crippen molar-refractivity contribution >= 4 is 0 Å². The van der Waals surface area contributed by atoms with Gasteiger partial charge in [0.25, 0.3) is 0 Å². The van der Waals surface area contributed by atoms with Crippen LogP contribution in [0.5, 0.6) is 28.7 Å². The van der Waals surface area contributed by atoms with Crippen molar-refractivity contribution in [1.29, 1.82) is 0 Å². The van der Waals surface area contributed by atoms with E-state index in [9.17, 15) is 20.4 Å². The fourth-order valence-corrected chi connectivity index (χ4v) is 8.32. The molecule has 1 heterocycles. The van der Waals surface area contributed by atoms with Gasteiger partial charge in [-0.05, 0) is 114 Å². The summed E-state index contributed by atoms with van der Waals surface area (Å²) in [5.41, 5.74) is 7.11. The van der Waals surface area contributed by atoms with E-state index >= 15 is 0 Å². The van der Waals surface area contributed by atoms with Crippen molar-refractivity contribution in [3.63, 3.8) is 0 Å². The summed E-state index contributed by atoms with van der Waals surface area (Å²) >= 11 is 0. The number of methoxy groups -OCH3 is 2. The number of fused-ring (bicyclic) bond motifs is 5. The largest absolute Gasteiger partial charge is 0.508 e. The molecule has 4 N–H and O–H groups in total. The third kappa shape index (κ3) is 8.15. The minimum atomic E-state index is -0.812. The number of hydrogen-bond acceptors (Lipinski definition) is 7. The van der Waals surface area contributed by atoms with Gasteiger partial charge in [0.1, 0.15) is 23.4 Å². The molecule has 5 rings (SSSR count). The Labute approximate surface area is 293 Å². The van der Waals surface area contributed by atoms with Crippen LogP contribution < -0.4 is 14.2 Å². The molecule has 0 radical (unpaired) electrons. The third-order valence-electron chi connectivity index (χ3n) is 10.9. The van der Waals surface area contributed by atoms with E-state index in [1.807, 2.05) is 12.1 Å². The van der Waals surface area contributed by atoms with E-state index in [1.54, 1.807) is 25.3 Å². The number of phenols is 2. The lowest BCUT2D eigenvalue weighted by atomic mass is 9.71. The minimum Gasteiger partial charge on any atom is -0.508 e. The fourth-order valence-electron chi connectivity index (χ4n) is 8.32. The number of aliphatic hydroxyl groups is 2. The maximum atomic E-state index is 11.7. The van der Waals surface area contributed by atoms with Crippen molar-refractivity contribution in [1.82, 2.24) is 0 Å². The van der Waals surface area contributed by atoms with Crippen LogP contribution in [-0.2, 0) is 19.3 Å². The monoisotopic (exact) mass is 674 g/mol. The summed E-state index contributed by atoms with van der Waals surface area (Å²) in [6.07, 6.45) is 9.22. The number of unbranched alkanes of at least 4 members (excludes halogenated alkanes) is 2. The average Bonchev–Trinajstić information content (AvgIpc) is 3.08. The molecule has 1 aliphatic heterocycles. The molecular formula is C42H58O7. The Morgan fingerprint density at radius 2 is 1.65 bits per heavy atom. The Morgan fingerprint density at radius 1 is 0.878 bits per heavy atom. The smallest absolute Gasteiger partial charge is 0.160 e. The van der Waals surface area contributed by atoms with Gasteiger partial charge in [-0.3, -0.25) is 0 Å². The molecule has 1 aliphatic carbocycles. The summed E-state index contributed by atoms with van der Waals surface area (Å²) in [5.74, 6) is 3.76. The fraction of sp³-hybridized carbons (Fsp3) is 0.571. The Morgan fingerprint density at radius 3 is 2.35 bits per heavy atom. The molecule has 0 aromatic heterocycles. The van der Waals surface area contributed by atoms with Crippen molar-refractivity contribution in [2.45, 2.75) is 116 Å². The van der Waals surface area contributed by atoms with Crippen LogP contribution in [0.4, 0.5) is 0 Å². The standard InChI is InChI=1S/C42H58O7/c1-7-8-9-11-26(4)27(12-10-17-43)13-14-28-19-30-21-35(45)31(18-25(2)3)20-32(30)41-39(48-6)24-37-33(40(28)41)23-36(46)42(49-37)29-15-16-34(44)38(22-29)47-5/h15-16,20-22,24-28,36,42-46H,7-14,17-19,23H2,1-6H3/t26-,27+,28+,36+,42-/m0/s1. The van der Waals surface area contributed by atoms with Gasteiger partial charge in [-0.1, -0.05) is 59.4 Å². The van der Waals surface area contributed by atoms with E-state index in [0.717, 1.165) is 77.7 Å². The van der Waals surface area contributed by atoms with Crippen molar-refractivity contribution in [3.05, 3.63) is 64.2 Å². The normalized spacial score (nSPS) is 19.4. The van der Waals surface area contributed by atoms with Gasteiger partial charge in [-0.25, -0.2) is 0 Å². The van der Waals surface area contributed by atoms with E-state index in [4.69, 9.17) is 14.2 Å². The molecule has 2 aliphatic rings. The SMILES string of the molecule is CCCCC[C@H](C)[C@H](CCCO)CC[C@@H]1Cc2cc(O)c(CC(C)C)cc2-c2c(OC)cc3c(c21)C[C@@H](O)[C@H](c1ccc(O)c(OC)c1)O3. The van der Waals surface area contributed by atoms with Crippen LogP contribution in [0.15, 0.2) is 36.4 Å². The van der Waals surface area contributed by atoms with Gasteiger partial charge in [0.05, 0.1) is 20.3 Å². The van der Waals surface area contributed by atoms with Crippen molar-refractivity contribution in [2.24, 2.45) is 17.8 Å². The molecule has 0 bridgehead atoms. The molecule has 3 aromatic rings. The minimum absolute atomic E-state index is 0.0362. The number of benzene rings is 3. The van der Waals surface area contributed by atoms with Crippen LogP contribution in [0.25, 0.3) is 11.1 Å². The highest BCUT2D eigenvalue weighted by molar-refractivity contribution is 5.83. The first-order chi connectivity index (χ1) is 23.6. The lowest BCUT2D eigenvalue weighted by molar-refractivity contribution is 0.0200. The number of aliphatic hydroxyl groups excluding tert-OH is 2. The summed E-state index contributed by atoms with van der Waals surface area (Å²) in [7, 11) is 3.21. The summed E-state index contributed by atoms with van der Waals surface area (Å²) in [5, 5.41) is 42.8. The van der Waals surface area contributed by atoms with Gasteiger partial charge in [0.2, 0.25) is 0 Å². The number of hydrogen-bond donors (Lipinski definition) is 4. The van der Waals surface area contributed by atoms with Gasteiger partial charge in [-0.15, -0.1) is 0 Å². The Bertz CT molecular complexity index is 1560. The van der Waals surface area contributed by atoms with E-state index in [1.165, 1.54) is 38.4 Å². The summed E-state index contributed by atoms with van der Waals surface area (Å²) < 4.78 is 18.1. The summed E-state index contributed by atoms with van der Waals surface area (Å²) in [6.45, 7) is 9.16. The predicted molar refractivity (Wildman–Crippen MR) is 195 cm³/mol. The van der Waals surface area contributed by atoms with E-state index in [0.29, 0.717) is 41.4 Å². The highest BCUT2D eigenvalue weighted by Gasteiger charge is 2.39.